The van der Waals surface area contributed by atoms with Crippen molar-refractivity contribution in [2.45, 2.75) is 39.0 Å². The van der Waals surface area contributed by atoms with Crippen LogP contribution in [0.5, 0.6) is 0 Å². The minimum atomic E-state index is -0.539. The molecule has 1 N–H and O–H groups in total. The maximum Gasteiger partial charge on any atom is 0.145 e. The van der Waals surface area contributed by atoms with Gasteiger partial charge in [-0.2, -0.15) is 0 Å². The number of hydrogen-bond acceptors (Lipinski definition) is 2. The van der Waals surface area contributed by atoms with Gasteiger partial charge in [-0.05, 0) is 54.9 Å². The van der Waals surface area contributed by atoms with E-state index in [9.17, 15) is 8.78 Å². The number of rotatable bonds is 3. The van der Waals surface area contributed by atoms with Gasteiger partial charge in [0.25, 0.3) is 0 Å². The van der Waals surface area contributed by atoms with Crippen molar-refractivity contribution in [3.63, 3.8) is 0 Å². The molecule has 112 valence electrons. The van der Waals surface area contributed by atoms with Gasteiger partial charge >= 0.3 is 0 Å². The molecule has 20 heavy (non-hydrogen) atoms. The van der Waals surface area contributed by atoms with E-state index in [1.54, 1.807) is 7.05 Å². The normalized spacial score (nSPS) is 31.6. The first kappa shape index (κ1) is 15.9. The van der Waals surface area contributed by atoms with E-state index >= 15 is 0 Å². The fourth-order valence-electron chi connectivity index (χ4n) is 3.23. The first-order valence-electron chi connectivity index (χ1n) is 6.84. The highest BCUT2D eigenvalue weighted by Gasteiger charge is 2.43. The van der Waals surface area contributed by atoms with Crippen LogP contribution in [0.15, 0.2) is 16.6 Å². The minimum absolute atomic E-state index is 0.0216. The van der Waals surface area contributed by atoms with E-state index in [0.29, 0.717) is 0 Å². The lowest BCUT2D eigenvalue weighted by Gasteiger charge is -2.29. The van der Waals surface area contributed by atoms with Crippen LogP contribution in [-0.4, -0.2) is 19.3 Å². The van der Waals surface area contributed by atoms with Crippen molar-refractivity contribution in [2.24, 2.45) is 11.8 Å². The quantitative estimate of drug-likeness (QED) is 0.833. The van der Waals surface area contributed by atoms with Crippen LogP contribution in [0.1, 0.15) is 32.4 Å². The third-order valence-corrected chi connectivity index (χ3v) is 5.02. The molecule has 1 aromatic carbocycles. The lowest BCUT2D eigenvalue weighted by atomic mass is 9.80. The lowest BCUT2D eigenvalue weighted by molar-refractivity contribution is 0.0475. The van der Waals surface area contributed by atoms with Gasteiger partial charge in [-0.3, -0.25) is 0 Å². The fourth-order valence-corrected chi connectivity index (χ4v) is 3.57. The molecular weight excluding hydrogens is 328 g/mol. The topological polar surface area (TPSA) is 21.3 Å². The van der Waals surface area contributed by atoms with Gasteiger partial charge in [-0.1, -0.05) is 6.92 Å². The second-order valence-electron chi connectivity index (χ2n) is 5.51. The zero-order chi connectivity index (χ0) is 15.0. The van der Waals surface area contributed by atoms with Gasteiger partial charge in [0.15, 0.2) is 0 Å². The molecule has 0 radical (unpaired) electrons. The van der Waals surface area contributed by atoms with Crippen LogP contribution >= 0.6 is 15.9 Å². The Labute approximate surface area is 127 Å². The van der Waals surface area contributed by atoms with Gasteiger partial charge in [0, 0.05) is 17.5 Å². The molecule has 1 aliphatic heterocycles. The highest BCUT2D eigenvalue weighted by Crippen LogP contribution is 2.42. The van der Waals surface area contributed by atoms with E-state index in [-0.39, 0.29) is 34.1 Å². The van der Waals surface area contributed by atoms with Crippen LogP contribution in [0.25, 0.3) is 0 Å². The summed E-state index contributed by atoms with van der Waals surface area (Å²) >= 11 is 3.13. The van der Waals surface area contributed by atoms with Gasteiger partial charge in [-0.25, -0.2) is 8.78 Å². The third kappa shape index (κ3) is 2.63. The minimum Gasteiger partial charge on any atom is -0.375 e. The van der Waals surface area contributed by atoms with Crippen molar-refractivity contribution in [3.8, 4) is 0 Å². The molecule has 2 rings (SSSR count). The number of hydrogen-bond donors (Lipinski definition) is 1. The predicted octanol–water partition coefficient (Wildman–Crippen LogP) is 4.05. The van der Waals surface area contributed by atoms with E-state index in [4.69, 9.17) is 4.74 Å². The summed E-state index contributed by atoms with van der Waals surface area (Å²) in [4.78, 5) is 0. The highest BCUT2D eigenvalue weighted by atomic mass is 79.9. The van der Waals surface area contributed by atoms with Crippen LogP contribution in [0, 0.1) is 23.5 Å². The summed E-state index contributed by atoms with van der Waals surface area (Å²) in [6, 6.07) is 2.27. The van der Waals surface area contributed by atoms with E-state index in [0.717, 1.165) is 0 Å². The molecule has 0 bridgehead atoms. The molecule has 1 saturated heterocycles. The Hall–Kier alpha value is -0.520. The third-order valence-electron chi connectivity index (χ3n) is 4.41. The van der Waals surface area contributed by atoms with Crippen molar-refractivity contribution >= 4 is 15.9 Å². The van der Waals surface area contributed by atoms with Crippen LogP contribution in [0.3, 0.4) is 0 Å². The van der Waals surface area contributed by atoms with E-state index in [1.165, 1.54) is 12.1 Å². The molecule has 0 aliphatic carbocycles. The maximum atomic E-state index is 14.3. The number of nitrogens with one attached hydrogen (secondary N) is 1. The summed E-state index contributed by atoms with van der Waals surface area (Å²) in [5.74, 6) is -0.819. The largest absolute Gasteiger partial charge is 0.375 e. The Balaban J connectivity index is 2.46. The first-order valence-corrected chi connectivity index (χ1v) is 7.63. The molecule has 5 heteroatoms. The molecule has 0 aromatic heterocycles. The fraction of sp³-hybridized carbons (Fsp3) is 0.600. The number of ether oxygens (including phenoxy) is 1. The lowest BCUT2D eigenvalue weighted by Crippen LogP contribution is -2.34. The predicted molar refractivity (Wildman–Crippen MR) is 78.5 cm³/mol. The van der Waals surface area contributed by atoms with Crippen LogP contribution in [0.4, 0.5) is 8.78 Å². The molecule has 0 saturated carbocycles. The second kappa shape index (κ2) is 6.08. The Morgan fingerprint density at radius 1 is 1.20 bits per heavy atom. The summed E-state index contributed by atoms with van der Waals surface area (Å²) in [6.45, 7) is 6.03. The zero-order valence-electron chi connectivity index (χ0n) is 12.1. The molecule has 1 fully saturated rings. The standard InChI is InChI=1S/C15H20BrF2NO/c1-7-8(2)20-9(3)12(7)15(19-4)13-11(17)6-5-10(16)14(13)18/h5-9,12,15,19H,1-4H3. The molecule has 2 nitrogen and oxygen atoms in total. The van der Waals surface area contributed by atoms with Gasteiger partial charge in [0.1, 0.15) is 11.6 Å². The molecule has 0 spiro atoms. The summed E-state index contributed by atoms with van der Waals surface area (Å²) in [5, 5.41) is 3.07. The Morgan fingerprint density at radius 2 is 1.85 bits per heavy atom. The van der Waals surface area contributed by atoms with Crippen LogP contribution in [0.2, 0.25) is 0 Å². The number of halogens is 3. The van der Waals surface area contributed by atoms with Crippen molar-refractivity contribution < 1.29 is 13.5 Å². The summed E-state index contributed by atoms with van der Waals surface area (Å²) in [5.41, 5.74) is 0.0864. The summed E-state index contributed by atoms with van der Waals surface area (Å²) in [6.07, 6.45) is 0.0411. The Bertz CT molecular complexity index is 497. The van der Waals surface area contributed by atoms with E-state index < -0.39 is 17.7 Å². The molecule has 0 amide bonds. The average Bonchev–Trinajstić information content (AvgIpc) is 2.65. The van der Waals surface area contributed by atoms with Gasteiger partial charge in [0.05, 0.1) is 16.7 Å². The zero-order valence-corrected chi connectivity index (χ0v) is 13.7. The molecule has 5 atom stereocenters. The molecular formula is C15H20BrF2NO. The second-order valence-corrected chi connectivity index (χ2v) is 6.36. The molecule has 1 aromatic rings. The van der Waals surface area contributed by atoms with Crippen molar-refractivity contribution in [3.05, 3.63) is 33.8 Å². The highest BCUT2D eigenvalue weighted by molar-refractivity contribution is 9.10. The van der Waals surface area contributed by atoms with Crippen molar-refractivity contribution in [1.29, 1.82) is 0 Å². The molecule has 1 aliphatic rings. The van der Waals surface area contributed by atoms with Crippen LogP contribution < -0.4 is 5.32 Å². The molecule has 1 heterocycles. The monoisotopic (exact) mass is 347 g/mol. The maximum absolute atomic E-state index is 14.3. The van der Waals surface area contributed by atoms with Crippen LogP contribution in [-0.2, 0) is 4.74 Å². The van der Waals surface area contributed by atoms with Crippen molar-refractivity contribution in [2.75, 3.05) is 7.05 Å². The molecule has 5 unspecified atom stereocenters. The first-order chi connectivity index (χ1) is 9.38. The van der Waals surface area contributed by atoms with E-state index in [2.05, 4.69) is 28.2 Å². The van der Waals surface area contributed by atoms with Gasteiger partial charge in [0.2, 0.25) is 0 Å². The van der Waals surface area contributed by atoms with Gasteiger partial charge in [-0.15, -0.1) is 0 Å². The Morgan fingerprint density at radius 3 is 2.35 bits per heavy atom. The Kier molecular flexibility index (Phi) is 4.82. The summed E-state index contributed by atoms with van der Waals surface area (Å²) < 4.78 is 34.5. The summed E-state index contributed by atoms with van der Waals surface area (Å²) in [7, 11) is 1.73. The van der Waals surface area contributed by atoms with Gasteiger partial charge < -0.3 is 10.1 Å². The van der Waals surface area contributed by atoms with E-state index in [1.807, 2.05) is 13.8 Å². The van der Waals surface area contributed by atoms with Crippen molar-refractivity contribution in [1.82, 2.24) is 5.32 Å². The SMILES string of the molecule is CNC(c1c(F)ccc(Br)c1F)C1C(C)OC(C)C1C. The average molecular weight is 348 g/mol. The number of benzene rings is 1. The smallest absolute Gasteiger partial charge is 0.145 e.